The van der Waals surface area contributed by atoms with E-state index < -0.39 is 0 Å². The van der Waals surface area contributed by atoms with Crippen molar-refractivity contribution in [2.45, 2.75) is 0 Å². The Morgan fingerprint density at radius 1 is 0.139 bits per heavy atom. The third-order valence-electron chi connectivity index (χ3n) is 27.0. The van der Waals surface area contributed by atoms with E-state index in [9.17, 15) is 0 Å². The van der Waals surface area contributed by atoms with Gasteiger partial charge in [0.05, 0.1) is 68.3 Å². The van der Waals surface area contributed by atoms with Crippen molar-refractivity contribution < 1.29 is 0 Å². The molecule has 678 valence electrons. The van der Waals surface area contributed by atoms with Gasteiger partial charge in [-0.3, -0.25) is 13.7 Å². The van der Waals surface area contributed by atoms with Gasteiger partial charge in [0.15, 0.2) is 11.6 Å². The average Bonchev–Trinajstić information content (AvgIpc) is 1.58. The van der Waals surface area contributed by atoms with Crippen LogP contribution in [0.3, 0.4) is 0 Å². The van der Waals surface area contributed by atoms with E-state index in [2.05, 4.69) is 496 Å². The Hall–Kier alpha value is -19.6. The quantitative estimate of drug-likeness (QED) is 0.0993. The molecular formula is C132H90N12. The summed E-state index contributed by atoms with van der Waals surface area (Å²) in [4.78, 5) is 38.1. The average molecular weight is 1840 g/mol. The maximum Gasteiger partial charge on any atom is 0.238 e. The summed E-state index contributed by atoms with van der Waals surface area (Å²) >= 11 is 0. The summed E-state index contributed by atoms with van der Waals surface area (Å²) in [5.74, 6) is 3.30. The SMILES string of the molecule is c1ccc(-c2cccc(N3c4ccccc4-c4ccccc4-c4c3ccn4-c3cc(-c4ccccc4)cc(-c4ccccc4)n3)c2)cc1.c1ccc(-c2cccc(N3c4ccccc4-c4ccccc4-c4c3ccn4-c3nc(-c4ccccc4)cc(-c4ccccc4)n3)c2)cc1.c1ccc(-c2cccc(N3c4ccccc4-c4ccccc4-c4c3ccn4-c3nc(-c4ccccc4)nc(-c4ccccc4)n3)c2)cc1. The molecule has 0 unspecified atom stereocenters. The van der Waals surface area contributed by atoms with Crippen molar-refractivity contribution in [3.05, 3.63) is 546 Å². The van der Waals surface area contributed by atoms with Crippen LogP contribution in [-0.2, 0) is 0 Å². The van der Waals surface area contributed by atoms with E-state index in [0.29, 0.717) is 23.5 Å². The van der Waals surface area contributed by atoms with Crippen molar-refractivity contribution in [1.29, 1.82) is 0 Å². The van der Waals surface area contributed by atoms with Crippen LogP contribution in [0, 0.1) is 0 Å². The van der Waals surface area contributed by atoms with Crippen LogP contribution in [0.2, 0.25) is 0 Å². The van der Waals surface area contributed by atoms with Crippen LogP contribution in [0.4, 0.5) is 51.2 Å². The lowest BCUT2D eigenvalue weighted by atomic mass is 9.97. The fraction of sp³-hybridized carbons (Fsp3) is 0. The smallest absolute Gasteiger partial charge is 0.238 e. The van der Waals surface area contributed by atoms with Crippen molar-refractivity contribution in [1.82, 2.24) is 43.6 Å². The number of hydrogen-bond acceptors (Lipinski definition) is 9. The maximum absolute atomic E-state index is 5.33. The van der Waals surface area contributed by atoms with Crippen molar-refractivity contribution in [2.24, 2.45) is 0 Å². The number of hydrogen-bond donors (Lipinski definition) is 0. The predicted molar refractivity (Wildman–Crippen MR) is 590 cm³/mol. The summed E-state index contributed by atoms with van der Waals surface area (Å²) in [5.41, 5.74) is 40.5. The van der Waals surface area contributed by atoms with Gasteiger partial charge in [0.25, 0.3) is 0 Å². The van der Waals surface area contributed by atoms with E-state index in [1.807, 2.05) is 78.9 Å². The highest BCUT2D eigenvalue weighted by Gasteiger charge is 2.35. The Morgan fingerprint density at radius 2 is 0.389 bits per heavy atom. The molecule has 27 rings (SSSR count). The lowest BCUT2D eigenvalue weighted by Gasteiger charge is -2.26. The number of para-hydroxylation sites is 3. The fourth-order valence-corrected chi connectivity index (χ4v) is 20.3. The van der Waals surface area contributed by atoms with Crippen molar-refractivity contribution in [3.63, 3.8) is 0 Å². The van der Waals surface area contributed by atoms with Crippen LogP contribution < -0.4 is 14.7 Å². The second kappa shape index (κ2) is 38.1. The van der Waals surface area contributed by atoms with Gasteiger partial charge < -0.3 is 14.7 Å². The number of benzene rings is 18. The molecule has 12 heteroatoms. The zero-order valence-corrected chi connectivity index (χ0v) is 78.3. The van der Waals surface area contributed by atoms with E-state index in [-0.39, 0.29) is 0 Å². The van der Waals surface area contributed by atoms with Crippen LogP contribution in [0.5, 0.6) is 0 Å². The molecule has 0 spiro atoms. The molecule has 24 aromatic rings. The Bertz CT molecular complexity index is 7830. The molecule has 18 aromatic carbocycles. The minimum Gasteiger partial charge on any atom is -0.308 e. The van der Waals surface area contributed by atoms with Gasteiger partial charge in [0, 0.05) is 96.9 Å². The molecule has 144 heavy (non-hydrogen) atoms. The van der Waals surface area contributed by atoms with Gasteiger partial charge in [-0.2, -0.15) is 9.97 Å². The van der Waals surface area contributed by atoms with E-state index >= 15 is 0 Å². The number of anilines is 9. The Kier molecular flexibility index (Phi) is 22.8. The monoisotopic (exact) mass is 1840 g/mol. The second-order valence-electron chi connectivity index (χ2n) is 35.7. The van der Waals surface area contributed by atoms with Crippen LogP contribution in [0.1, 0.15) is 0 Å². The highest BCUT2D eigenvalue weighted by atomic mass is 15.2. The minimum absolute atomic E-state index is 0.558. The van der Waals surface area contributed by atoms with E-state index in [1.165, 1.54) is 55.6 Å². The number of rotatable bonds is 15. The molecule has 12 nitrogen and oxygen atoms in total. The molecule has 0 fully saturated rings. The van der Waals surface area contributed by atoms with Crippen molar-refractivity contribution in [2.75, 3.05) is 14.7 Å². The first-order valence-corrected chi connectivity index (χ1v) is 48.5. The Labute approximate surface area is 836 Å². The van der Waals surface area contributed by atoms with Gasteiger partial charge in [0.1, 0.15) is 5.82 Å². The van der Waals surface area contributed by atoms with Crippen LogP contribution >= 0.6 is 0 Å². The van der Waals surface area contributed by atoms with Gasteiger partial charge in [0.2, 0.25) is 11.9 Å². The molecular weight excluding hydrogens is 1750 g/mol. The van der Waals surface area contributed by atoms with E-state index in [4.69, 9.17) is 29.9 Å². The largest absolute Gasteiger partial charge is 0.308 e. The molecule has 9 heterocycles. The summed E-state index contributed by atoms with van der Waals surface area (Å²) in [6, 6.07) is 185. The molecule has 0 N–H and O–H groups in total. The zero-order valence-electron chi connectivity index (χ0n) is 78.3. The number of aromatic nitrogens is 9. The first-order chi connectivity index (χ1) is 71.4. The fourth-order valence-electron chi connectivity index (χ4n) is 20.3. The molecule has 0 radical (unpaired) electrons. The molecule has 3 aliphatic heterocycles. The summed E-state index contributed by atoms with van der Waals surface area (Å²) < 4.78 is 6.55. The molecule has 0 saturated carbocycles. The van der Waals surface area contributed by atoms with Gasteiger partial charge in [-0.05, 0) is 152 Å². The lowest BCUT2D eigenvalue weighted by molar-refractivity contribution is 0.917. The van der Waals surface area contributed by atoms with Crippen LogP contribution in [-0.4, -0.2) is 43.6 Å². The lowest BCUT2D eigenvalue weighted by Crippen LogP contribution is -2.11. The summed E-state index contributed by atoms with van der Waals surface area (Å²) in [6.45, 7) is 0. The highest BCUT2D eigenvalue weighted by Crippen LogP contribution is 2.57. The van der Waals surface area contributed by atoms with E-state index in [0.717, 1.165) is 158 Å². The summed E-state index contributed by atoms with van der Waals surface area (Å²) in [5, 5.41) is 0. The normalized spacial score (nSPS) is 11.7. The highest BCUT2D eigenvalue weighted by molar-refractivity contribution is 6.06. The first-order valence-electron chi connectivity index (χ1n) is 48.5. The molecule has 0 saturated heterocycles. The molecule has 6 aromatic heterocycles. The maximum atomic E-state index is 5.33. The summed E-state index contributed by atoms with van der Waals surface area (Å²) in [7, 11) is 0. The predicted octanol–water partition coefficient (Wildman–Crippen LogP) is 34.2. The Balaban J connectivity index is 0.000000113. The second-order valence-corrected chi connectivity index (χ2v) is 35.7. The zero-order chi connectivity index (χ0) is 95.6. The molecule has 3 aliphatic rings. The van der Waals surface area contributed by atoms with Crippen LogP contribution in [0.15, 0.2) is 546 Å². The van der Waals surface area contributed by atoms with E-state index in [1.54, 1.807) is 0 Å². The first kappa shape index (κ1) is 86.1. The van der Waals surface area contributed by atoms with Gasteiger partial charge in [-0.15, -0.1) is 0 Å². The van der Waals surface area contributed by atoms with Crippen molar-refractivity contribution in [3.8, 4) is 186 Å². The van der Waals surface area contributed by atoms with Crippen molar-refractivity contribution >= 4 is 51.2 Å². The summed E-state index contributed by atoms with van der Waals surface area (Å²) in [6.07, 6.45) is 6.37. The molecule has 0 bridgehead atoms. The van der Waals surface area contributed by atoms with Gasteiger partial charge in [-0.25, -0.2) is 19.9 Å². The standard InChI is InChI=1S/C45H31N3.C44H30N4.C43H29N5/c1-4-15-32(16-5-1)35-21-14-22-37(29-35)48-42-26-13-12-24-39(42)38-23-10-11-25-40(38)45-43(48)27-28-47(45)44-31-36(33-17-6-2-7-18-33)30-41(46-44)34-19-8-3-9-20-34;1-4-15-31(16-5-1)34-21-14-22-35(29-34)48-41-26-13-12-24-37(41)36-23-10-11-25-38(36)43-42(48)27-28-47(43)44-45-39(32-17-6-2-7-18-32)30-40(46-44)33-19-8-3-9-20-33;1-4-15-30(16-5-1)33-21-14-22-34(29-33)48-38-26-13-12-24-36(38)35-23-10-11-25-37(35)40-39(48)27-28-47(40)43-45-41(31-17-6-2-7-18-31)44-42(46-43)32-19-8-3-9-20-32/h1-31H;1-30H;1-29H. The third kappa shape index (κ3) is 16.4. The van der Waals surface area contributed by atoms with Gasteiger partial charge >= 0.3 is 0 Å². The minimum atomic E-state index is 0.558. The van der Waals surface area contributed by atoms with Gasteiger partial charge in [-0.1, -0.05) is 437 Å². The topological polar surface area (TPSA) is 102 Å². The Morgan fingerprint density at radius 3 is 0.722 bits per heavy atom. The number of pyridine rings is 1. The third-order valence-corrected chi connectivity index (χ3v) is 27.0. The molecule has 0 amide bonds. The molecule has 0 aliphatic carbocycles. The number of nitrogens with zero attached hydrogens (tertiary/aromatic N) is 12. The molecule has 0 atom stereocenters. The number of fused-ring (bicyclic) bond motifs is 15. The van der Waals surface area contributed by atoms with Crippen LogP contribution in [0.25, 0.3) is 186 Å².